The van der Waals surface area contributed by atoms with Gasteiger partial charge in [-0.05, 0) is 6.42 Å². The quantitative estimate of drug-likeness (QED) is 0.676. The fourth-order valence-corrected chi connectivity index (χ4v) is 1.47. The molecule has 0 bridgehead atoms. The third kappa shape index (κ3) is 1.68. The van der Waals surface area contributed by atoms with Crippen LogP contribution in [0.2, 0.25) is 0 Å². The lowest BCUT2D eigenvalue weighted by atomic mass is 10.1. The molecule has 2 atom stereocenters. The molecule has 0 saturated carbocycles. The maximum atomic E-state index is 12.7. The van der Waals surface area contributed by atoms with Crippen LogP contribution in [-0.4, -0.2) is 23.5 Å². The van der Waals surface area contributed by atoms with Gasteiger partial charge in [-0.2, -0.15) is 0 Å². The van der Waals surface area contributed by atoms with Crippen molar-refractivity contribution >= 4 is 21.8 Å². The zero-order chi connectivity index (χ0) is 7.56. The Morgan fingerprint density at radius 1 is 1.90 bits per heavy atom. The molecule has 1 N–H and O–H groups in total. The minimum atomic E-state index is -0.938. The molecule has 4 heteroatoms. The molecule has 0 aromatic carbocycles. The Morgan fingerprint density at radius 3 is 3.00 bits per heavy atom. The minimum absolute atomic E-state index is 0.0337. The van der Waals surface area contributed by atoms with E-state index in [1.807, 2.05) is 0 Å². The van der Waals surface area contributed by atoms with Crippen LogP contribution < -0.4 is 5.32 Å². The summed E-state index contributed by atoms with van der Waals surface area (Å²) in [5.74, 6) is -0.0337. The van der Waals surface area contributed by atoms with E-state index in [2.05, 4.69) is 21.2 Å². The lowest BCUT2D eigenvalue weighted by molar-refractivity contribution is -0.119. The Morgan fingerprint density at radius 2 is 2.60 bits per heavy atom. The molecule has 58 valence electrons. The molecule has 0 radical (unpaired) electrons. The van der Waals surface area contributed by atoms with Crippen LogP contribution in [0.3, 0.4) is 0 Å². The maximum absolute atomic E-state index is 12.7. The number of amides is 1. The standard InChI is InChI=1S/C6H9BrFNO/c7-3-4(8)5-1-2-6(10)9-5/h4-5H,1-3H2,(H,9,10). The van der Waals surface area contributed by atoms with Crippen LogP contribution in [0.4, 0.5) is 4.39 Å². The van der Waals surface area contributed by atoms with Crippen molar-refractivity contribution < 1.29 is 9.18 Å². The molecule has 1 aliphatic heterocycles. The average molecular weight is 210 g/mol. The van der Waals surface area contributed by atoms with E-state index >= 15 is 0 Å². The largest absolute Gasteiger partial charge is 0.350 e. The van der Waals surface area contributed by atoms with Crippen LogP contribution in [0.15, 0.2) is 0 Å². The van der Waals surface area contributed by atoms with Gasteiger partial charge >= 0.3 is 0 Å². The van der Waals surface area contributed by atoms with E-state index in [9.17, 15) is 9.18 Å². The van der Waals surface area contributed by atoms with Crippen LogP contribution in [-0.2, 0) is 4.79 Å². The monoisotopic (exact) mass is 209 g/mol. The minimum Gasteiger partial charge on any atom is -0.350 e. The summed E-state index contributed by atoms with van der Waals surface area (Å²) in [5, 5.41) is 2.86. The van der Waals surface area contributed by atoms with Crippen molar-refractivity contribution in [1.29, 1.82) is 0 Å². The van der Waals surface area contributed by atoms with Crippen molar-refractivity contribution in [2.24, 2.45) is 0 Å². The molecule has 1 heterocycles. The highest BCUT2D eigenvalue weighted by Gasteiger charge is 2.27. The van der Waals surface area contributed by atoms with Gasteiger partial charge in [0.2, 0.25) is 5.91 Å². The molecule has 1 aliphatic rings. The summed E-state index contributed by atoms with van der Waals surface area (Å²) in [7, 11) is 0. The molecule has 1 fully saturated rings. The fourth-order valence-electron chi connectivity index (χ4n) is 1.02. The number of nitrogens with one attached hydrogen (secondary N) is 1. The van der Waals surface area contributed by atoms with E-state index in [1.54, 1.807) is 0 Å². The summed E-state index contributed by atoms with van der Waals surface area (Å²) >= 11 is 3.02. The Labute approximate surface area is 67.3 Å². The lowest BCUT2D eigenvalue weighted by Crippen LogP contribution is -2.34. The summed E-state index contributed by atoms with van der Waals surface area (Å²) in [6.07, 6.45) is 0.162. The first-order valence-electron chi connectivity index (χ1n) is 3.23. The Bertz CT molecular complexity index is 142. The predicted octanol–water partition coefficient (Wildman–Crippen LogP) is 0.998. The van der Waals surface area contributed by atoms with Gasteiger partial charge in [0.1, 0.15) is 6.17 Å². The second-order valence-electron chi connectivity index (χ2n) is 2.38. The predicted molar refractivity (Wildman–Crippen MR) is 39.9 cm³/mol. The number of carbonyl (C=O) groups is 1. The van der Waals surface area contributed by atoms with E-state index < -0.39 is 6.17 Å². The summed E-state index contributed by atoms with van der Waals surface area (Å²) < 4.78 is 12.7. The molecule has 1 rings (SSSR count). The maximum Gasteiger partial charge on any atom is 0.220 e. The van der Waals surface area contributed by atoms with Gasteiger partial charge in [0.25, 0.3) is 0 Å². The fraction of sp³-hybridized carbons (Fsp3) is 0.833. The highest BCUT2D eigenvalue weighted by Crippen LogP contribution is 2.14. The summed E-state index contributed by atoms with van der Waals surface area (Å²) in [4.78, 5) is 10.6. The molecule has 1 saturated heterocycles. The van der Waals surface area contributed by atoms with Crippen molar-refractivity contribution in [3.05, 3.63) is 0 Å². The second kappa shape index (κ2) is 3.32. The first kappa shape index (κ1) is 7.98. The zero-order valence-electron chi connectivity index (χ0n) is 5.44. The number of hydrogen-bond acceptors (Lipinski definition) is 1. The number of carbonyl (C=O) groups excluding carboxylic acids is 1. The first-order chi connectivity index (χ1) is 4.74. The van der Waals surface area contributed by atoms with Crippen LogP contribution >= 0.6 is 15.9 Å². The molecule has 0 aromatic rings. The van der Waals surface area contributed by atoms with Gasteiger partial charge in [-0.15, -0.1) is 0 Å². The molecule has 0 aromatic heterocycles. The van der Waals surface area contributed by atoms with Crippen molar-refractivity contribution in [2.45, 2.75) is 25.1 Å². The van der Waals surface area contributed by atoms with E-state index in [0.29, 0.717) is 18.2 Å². The number of hydrogen-bond donors (Lipinski definition) is 1. The Hall–Kier alpha value is -0.120. The van der Waals surface area contributed by atoms with E-state index in [4.69, 9.17) is 0 Å². The smallest absolute Gasteiger partial charge is 0.220 e. The SMILES string of the molecule is O=C1CCC(C(F)CBr)N1. The first-order valence-corrected chi connectivity index (χ1v) is 4.35. The Kier molecular flexibility index (Phi) is 2.65. The molecule has 2 nitrogen and oxygen atoms in total. The van der Waals surface area contributed by atoms with Gasteiger partial charge in [-0.3, -0.25) is 4.79 Å². The number of rotatable bonds is 2. The normalized spacial score (nSPS) is 28.2. The van der Waals surface area contributed by atoms with Crippen LogP contribution in [0, 0.1) is 0 Å². The van der Waals surface area contributed by atoms with Gasteiger partial charge in [0.15, 0.2) is 0 Å². The molecule has 1 amide bonds. The van der Waals surface area contributed by atoms with Crippen LogP contribution in [0.25, 0.3) is 0 Å². The van der Waals surface area contributed by atoms with Crippen LogP contribution in [0.1, 0.15) is 12.8 Å². The lowest BCUT2D eigenvalue weighted by Gasteiger charge is -2.11. The van der Waals surface area contributed by atoms with E-state index in [-0.39, 0.29) is 11.9 Å². The third-order valence-electron chi connectivity index (χ3n) is 1.61. The summed E-state index contributed by atoms with van der Waals surface area (Å²) in [6, 6.07) is -0.258. The second-order valence-corrected chi connectivity index (χ2v) is 3.03. The summed E-state index contributed by atoms with van der Waals surface area (Å²) in [6.45, 7) is 0. The Balaban J connectivity index is 2.36. The molecule has 0 aliphatic carbocycles. The molecule has 2 unspecified atom stereocenters. The average Bonchev–Trinajstić information content (AvgIpc) is 2.34. The van der Waals surface area contributed by atoms with Crippen molar-refractivity contribution in [2.75, 3.05) is 5.33 Å². The number of halogens is 2. The molecule has 10 heavy (non-hydrogen) atoms. The molecule has 0 spiro atoms. The van der Waals surface area contributed by atoms with Crippen LogP contribution in [0.5, 0.6) is 0 Å². The van der Waals surface area contributed by atoms with Crippen molar-refractivity contribution in [3.63, 3.8) is 0 Å². The van der Waals surface area contributed by atoms with Gasteiger partial charge in [0, 0.05) is 11.8 Å². The van der Waals surface area contributed by atoms with Gasteiger partial charge in [-0.1, -0.05) is 15.9 Å². The van der Waals surface area contributed by atoms with Gasteiger partial charge < -0.3 is 5.32 Å². The van der Waals surface area contributed by atoms with Crippen molar-refractivity contribution in [3.8, 4) is 0 Å². The highest BCUT2D eigenvalue weighted by molar-refractivity contribution is 9.09. The topological polar surface area (TPSA) is 29.1 Å². The van der Waals surface area contributed by atoms with Gasteiger partial charge in [-0.25, -0.2) is 4.39 Å². The van der Waals surface area contributed by atoms with Gasteiger partial charge in [0.05, 0.1) is 6.04 Å². The van der Waals surface area contributed by atoms with E-state index in [1.165, 1.54) is 0 Å². The van der Waals surface area contributed by atoms with E-state index in [0.717, 1.165) is 0 Å². The highest BCUT2D eigenvalue weighted by atomic mass is 79.9. The summed E-state index contributed by atoms with van der Waals surface area (Å²) in [5.41, 5.74) is 0. The zero-order valence-corrected chi connectivity index (χ0v) is 7.03. The third-order valence-corrected chi connectivity index (χ3v) is 2.23. The van der Waals surface area contributed by atoms with Crippen molar-refractivity contribution in [1.82, 2.24) is 5.32 Å². The number of alkyl halides is 2. The molecular formula is C6H9BrFNO. The molecular weight excluding hydrogens is 201 g/mol.